The quantitative estimate of drug-likeness (QED) is 0.813. The van der Waals surface area contributed by atoms with E-state index < -0.39 is 0 Å². The molecule has 2 rings (SSSR count). The number of hydrogen-bond donors (Lipinski definition) is 1. The molecule has 2 aliphatic rings. The summed E-state index contributed by atoms with van der Waals surface area (Å²) in [4.78, 5) is 2.74. The summed E-state index contributed by atoms with van der Waals surface area (Å²) < 4.78 is 0. The average Bonchev–Trinajstić information content (AvgIpc) is 2.72. The van der Waals surface area contributed by atoms with Crippen LogP contribution in [0.15, 0.2) is 0 Å². The van der Waals surface area contributed by atoms with Gasteiger partial charge in [0.15, 0.2) is 0 Å². The Hall–Kier alpha value is -0.0800. The van der Waals surface area contributed by atoms with E-state index >= 15 is 0 Å². The van der Waals surface area contributed by atoms with Crippen LogP contribution in [0.2, 0.25) is 0 Å². The molecule has 100 valence electrons. The van der Waals surface area contributed by atoms with Gasteiger partial charge < -0.3 is 5.32 Å². The van der Waals surface area contributed by atoms with Gasteiger partial charge in [0.25, 0.3) is 0 Å². The van der Waals surface area contributed by atoms with E-state index in [4.69, 9.17) is 0 Å². The zero-order valence-electron chi connectivity index (χ0n) is 12.2. The van der Waals surface area contributed by atoms with Gasteiger partial charge in [-0.25, -0.2) is 0 Å². The molecular formula is C15H30N2. The molecule has 1 aliphatic carbocycles. The maximum atomic E-state index is 3.84. The Morgan fingerprint density at radius 1 is 1.29 bits per heavy atom. The molecule has 1 atom stereocenters. The van der Waals surface area contributed by atoms with Crippen LogP contribution in [0, 0.1) is 5.41 Å². The molecule has 1 unspecified atom stereocenters. The molecule has 0 aromatic rings. The van der Waals surface area contributed by atoms with Crippen molar-refractivity contribution in [3.05, 3.63) is 0 Å². The number of rotatable bonds is 3. The average molecular weight is 238 g/mol. The van der Waals surface area contributed by atoms with Crippen LogP contribution < -0.4 is 5.32 Å². The Kier molecular flexibility index (Phi) is 3.84. The van der Waals surface area contributed by atoms with Crippen molar-refractivity contribution < 1.29 is 0 Å². The predicted molar refractivity (Wildman–Crippen MR) is 74.3 cm³/mol. The first-order valence-electron chi connectivity index (χ1n) is 7.45. The first-order chi connectivity index (χ1) is 7.96. The van der Waals surface area contributed by atoms with Gasteiger partial charge in [0, 0.05) is 31.2 Å². The lowest BCUT2D eigenvalue weighted by Crippen LogP contribution is -2.63. The van der Waals surface area contributed by atoms with Crippen molar-refractivity contribution >= 4 is 0 Å². The van der Waals surface area contributed by atoms with Crippen molar-refractivity contribution in [1.29, 1.82) is 0 Å². The molecule has 0 bridgehead atoms. The number of nitrogens with one attached hydrogen (secondary N) is 1. The fraction of sp³-hybridized carbons (Fsp3) is 1.00. The van der Waals surface area contributed by atoms with Crippen molar-refractivity contribution in [3.63, 3.8) is 0 Å². The molecule has 1 heterocycles. The van der Waals surface area contributed by atoms with Crippen LogP contribution in [0.25, 0.3) is 0 Å². The number of piperazine rings is 1. The number of hydrogen-bond acceptors (Lipinski definition) is 2. The molecule has 1 aliphatic heterocycles. The van der Waals surface area contributed by atoms with E-state index in [0.717, 1.165) is 0 Å². The third-order valence-electron chi connectivity index (χ3n) is 5.05. The molecule has 0 aromatic heterocycles. The van der Waals surface area contributed by atoms with Crippen molar-refractivity contribution in [2.45, 2.75) is 71.4 Å². The van der Waals surface area contributed by atoms with Gasteiger partial charge in [-0.2, -0.15) is 0 Å². The van der Waals surface area contributed by atoms with Gasteiger partial charge in [0.2, 0.25) is 0 Å². The summed E-state index contributed by atoms with van der Waals surface area (Å²) in [6.07, 6.45) is 6.90. The van der Waals surface area contributed by atoms with Gasteiger partial charge in [-0.3, -0.25) is 4.90 Å². The van der Waals surface area contributed by atoms with Crippen LogP contribution in [0.3, 0.4) is 0 Å². The normalized spacial score (nSPS) is 30.0. The van der Waals surface area contributed by atoms with E-state index in [9.17, 15) is 0 Å². The lowest BCUT2D eigenvalue weighted by molar-refractivity contribution is 0.0543. The van der Waals surface area contributed by atoms with Crippen LogP contribution >= 0.6 is 0 Å². The smallest absolute Gasteiger partial charge is 0.0309 e. The minimum atomic E-state index is 0.464. The summed E-state index contributed by atoms with van der Waals surface area (Å²) in [5.41, 5.74) is 0.932. The van der Waals surface area contributed by atoms with Crippen molar-refractivity contribution in [2.75, 3.05) is 19.6 Å². The van der Waals surface area contributed by atoms with E-state index in [-0.39, 0.29) is 0 Å². The highest BCUT2D eigenvalue weighted by atomic mass is 15.3. The summed E-state index contributed by atoms with van der Waals surface area (Å²) >= 11 is 0. The monoisotopic (exact) mass is 238 g/mol. The van der Waals surface area contributed by atoms with E-state index in [1.54, 1.807) is 0 Å². The molecule has 2 heteroatoms. The largest absolute Gasteiger partial charge is 0.308 e. The minimum Gasteiger partial charge on any atom is -0.308 e. The van der Waals surface area contributed by atoms with E-state index in [1.807, 2.05) is 0 Å². The Balaban J connectivity index is 2.00. The van der Waals surface area contributed by atoms with Crippen LogP contribution in [-0.2, 0) is 0 Å². The Morgan fingerprint density at radius 3 is 2.53 bits per heavy atom. The lowest BCUT2D eigenvalue weighted by atomic mass is 9.86. The molecule has 1 saturated heterocycles. The third kappa shape index (κ3) is 3.03. The van der Waals surface area contributed by atoms with Crippen molar-refractivity contribution in [1.82, 2.24) is 10.2 Å². The minimum absolute atomic E-state index is 0.464. The van der Waals surface area contributed by atoms with Gasteiger partial charge >= 0.3 is 0 Å². The fourth-order valence-electron chi connectivity index (χ4n) is 3.35. The van der Waals surface area contributed by atoms with Crippen LogP contribution in [0.5, 0.6) is 0 Å². The zero-order chi connectivity index (χ0) is 12.5. The standard InChI is InChI=1S/C15H30N2/c1-5-14(3,4)11-17-12-15(8-6-7-9-15)16-10-13(17)2/h13,16H,5-12H2,1-4H3. The second-order valence-corrected chi connectivity index (χ2v) is 7.14. The summed E-state index contributed by atoms with van der Waals surface area (Å²) in [5, 5.41) is 3.84. The van der Waals surface area contributed by atoms with Gasteiger partial charge in [-0.15, -0.1) is 0 Å². The van der Waals surface area contributed by atoms with Gasteiger partial charge in [0.1, 0.15) is 0 Å². The van der Waals surface area contributed by atoms with Crippen LogP contribution in [0.1, 0.15) is 59.8 Å². The van der Waals surface area contributed by atoms with Crippen molar-refractivity contribution in [3.8, 4) is 0 Å². The predicted octanol–water partition coefficient (Wildman–Crippen LogP) is 3.03. The topological polar surface area (TPSA) is 15.3 Å². The molecule has 1 saturated carbocycles. The lowest BCUT2D eigenvalue weighted by Gasteiger charge is -2.47. The zero-order valence-corrected chi connectivity index (χ0v) is 12.2. The summed E-state index contributed by atoms with van der Waals surface area (Å²) in [5.74, 6) is 0. The highest BCUT2D eigenvalue weighted by molar-refractivity contribution is 5.00. The highest BCUT2D eigenvalue weighted by Gasteiger charge is 2.40. The second-order valence-electron chi connectivity index (χ2n) is 7.14. The molecule has 17 heavy (non-hydrogen) atoms. The fourth-order valence-corrected chi connectivity index (χ4v) is 3.35. The Morgan fingerprint density at radius 2 is 1.94 bits per heavy atom. The maximum absolute atomic E-state index is 3.84. The SMILES string of the molecule is CCC(C)(C)CN1CC2(CCCC2)NCC1C. The first kappa shape index (κ1) is 13.4. The first-order valence-corrected chi connectivity index (χ1v) is 7.45. The second kappa shape index (κ2) is 4.89. The summed E-state index contributed by atoms with van der Waals surface area (Å²) in [6.45, 7) is 13.2. The molecule has 0 aromatic carbocycles. The van der Waals surface area contributed by atoms with Gasteiger partial charge in [0.05, 0.1) is 0 Å². The van der Waals surface area contributed by atoms with Crippen LogP contribution in [0.4, 0.5) is 0 Å². The molecule has 2 fully saturated rings. The van der Waals surface area contributed by atoms with E-state index in [1.165, 1.54) is 51.7 Å². The summed E-state index contributed by atoms with van der Waals surface area (Å²) in [7, 11) is 0. The van der Waals surface area contributed by atoms with Crippen LogP contribution in [-0.4, -0.2) is 36.1 Å². The molecule has 1 spiro atoms. The van der Waals surface area contributed by atoms with Gasteiger partial charge in [-0.05, 0) is 31.6 Å². The van der Waals surface area contributed by atoms with E-state index in [2.05, 4.69) is 37.9 Å². The third-order valence-corrected chi connectivity index (χ3v) is 5.05. The highest BCUT2D eigenvalue weighted by Crippen LogP contribution is 2.34. The Bertz CT molecular complexity index is 254. The Labute approximate surface area is 107 Å². The molecular weight excluding hydrogens is 208 g/mol. The van der Waals surface area contributed by atoms with Gasteiger partial charge in [-0.1, -0.05) is 33.6 Å². The summed E-state index contributed by atoms with van der Waals surface area (Å²) in [6, 6.07) is 0.701. The molecule has 0 radical (unpaired) electrons. The number of nitrogens with zero attached hydrogens (tertiary/aromatic N) is 1. The molecule has 2 nitrogen and oxygen atoms in total. The van der Waals surface area contributed by atoms with E-state index in [0.29, 0.717) is 17.0 Å². The molecule has 1 N–H and O–H groups in total. The van der Waals surface area contributed by atoms with Crippen molar-refractivity contribution in [2.24, 2.45) is 5.41 Å². The molecule has 0 amide bonds. The maximum Gasteiger partial charge on any atom is 0.0309 e.